The van der Waals surface area contributed by atoms with Gasteiger partial charge in [0, 0.05) is 12.1 Å². The van der Waals surface area contributed by atoms with Crippen LogP contribution in [-0.2, 0) is 0 Å². The van der Waals surface area contributed by atoms with Crippen molar-refractivity contribution in [2.45, 2.75) is 32.0 Å². The Labute approximate surface area is 148 Å². The Morgan fingerprint density at radius 2 is 2.00 bits per heavy atom. The molecule has 0 unspecified atom stereocenters. The number of hydrogen-bond donors (Lipinski definition) is 3. The standard InChI is InChI=1S/C21H25NO3/c1-3-19(15(2)23)21(25)11-10-17(20-9-4-5-12-22-20)13-16-7-6-8-18(24)14-16/h3-9,12-15,19,21,23-25H,1,10-11H2,2H3/b17-13-/t15-,19+,21-/m1/s1. The molecule has 0 bridgehead atoms. The summed E-state index contributed by atoms with van der Waals surface area (Å²) in [6.07, 6.45) is 5.00. The highest BCUT2D eigenvalue weighted by molar-refractivity contribution is 5.80. The third-order valence-electron chi connectivity index (χ3n) is 4.19. The van der Waals surface area contributed by atoms with E-state index in [1.165, 1.54) is 0 Å². The molecular weight excluding hydrogens is 314 g/mol. The topological polar surface area (TPSA) is 73.6 Å². The molecule has 0 aliphatic rings. The molecule has 3 atom stereocenters. The quantitative estimate of drug-likeness (QED) is 0.642. The van der Waals surface area contributed by atoms with Crippen molar-refractivity contribution in [3.05, 3.63) is 72.6 Å². The molecule has 1 aromatic carbocycles. The zero-order valence-electron chi connectivity index (χ0n) is 14.4. The molecule has 3 N–H and O–H groups in total. The van der Waals surface area contributed by atoms with E-state index in [-0.39, 0.29) is 11.7 Å². The van der Waals surface area contributed by atoms with E-state index < -0.39 is 12.2 Å². The van der Waals surface area contributed by atoms with E-state index >= 15 is 0 Å². The first-order chi connectivity index (χ1) is 12.0. The van der Waals surface area contributed by atoms with Crippen molar-refractivity contribution in [2.24, 2.45) is 5.92 Å². The fraction of sp³-hybridized carbons (Fsp3) is 0.286. The van der Waals surface area contributed by atoms with Gasteiger partial charge in [0.2, 0.25) is 0 Å². The fourth-order valence-corrected chi connectivity index (χ4v) is 2.81. The van der Waals surface area contributed by atoms with E-state index in [1.54, 1.807) is 37.4 Å². The Balaban J connectivity index is 2.23. The fourth-order valence-electron chi connectivity index (χ4n) is 2.81. The molecule has 1 heterocycles. The minimum atomic E-state index is -0.686. The van der Waals surface area contributed by atoms with Gasteiger partial charge < -0.3 is 15.3 Å². The van der Waals surface area contributed by atoms with Crippen molar-refractivity contribution in [3.63, 3.8) is 0 Å². The number of aromatic hydroxyl groups is 1. The van der Waals surface area contributed by atoms with Gasteiger partial charge in [-0.3, -0.25) is 4.98 Å². The van der Waals surface area contributed by atoms with Crippen molar-refractivity contribution >= 4 is 11.6 Å². The number of rotatable bonds is 8. The molecule has 0 fully saturated rings. The summed E-state index contributed by atoms with van der Waals surface area (Å²) in [6, 6.07) is 12.7. The number of allylic oxidation sites excluding steroid dienone is 1. The summed E-state index contributed by atoms with van der Waals surface area (Å²) in [5, 5.41) is 29.8. The molecule has 0 aliphatic heterocycles. The van der Waals surface area contributed by atoms with Crippen LogP contribution in [0, 0.1) is 5.92 Å². The van der Waals surface area contributed by atoms with Gasteiger partial charge in [-0.15, -0.1) is 6.58 Å². The second kappa shape index (κ2) is 9.16. The number of hydrogen-bond acceptors (Lipinski definition) is 4. The molecule has 0 radical (unpaired) electrons. The monoisotopic (exact) mass is 339 g/mol. The number of phenolic OH excluding ortho intramolecular Hbond substituents is 1. The van der Waals surface area contributed by atoms with E-state index in [1.807, 2.05) is 30.3 Å². The van der Waals surface area contributed by atoms with E-state index in [0.717, 1.165) is 16.8 Å². The van der Waals surface area contributed by atoms with Crippen LogP contribution in [-0.4, -0.2) is 32.5 Å². The summed E-state index contributed by atoms with van der Waals surface area (Å²) in [4.78, 5) is 4.39. The highest BCUT2D eigenvalue weighted by Gasteiger charge is 2.21. The van der Waals surface area contributed by atoms with Crippen molar-refractivity contribution in [3.8, 4) is 5.75 Å². The zero-order valence-corrected chi connectivity index (χ0v) is 14.4. The predicted octanol–water partition coefficient (Wildman–Crippen LogP) is 3.65. The molecule has 1 aromatic heterocycles. The molecule has 4 heteroatoms. The summed E-state index contributed by atoms with van der Waals surface area (Å²) in [5.41, 5.74) is 2.65. The number of nitrogens with zero attached hydrogens (tertiary/aromatic N) is 1. The van der Waals surface area contributed by atoms with Gasteiger partial charge in [0.05, 0.1) is 17.9 Å². The van der Waals surface area contributed by atoms with Crippen LogP contribution < -0.4 is 0 Å². The summed E-state index contributed by atoms with van der Waals surface area (Å²) in [6.45, 7) is 5.34. The van der Waals surface area contributed by atoms with Gasteiger partial charge in [-0.2, -0.15) is 0 Å². The van der Waals surface area contributed by atoms with Crippen LogP contribution in [0.3, 0.4) is 0 Å². The molecule has 0 saturated carbocycles. The molecule has 25 heavy (non-hydrogen) atoms. The summed E-state index contributed by atoms with van der Waals surface area (Å²) in [7, 11) is 0. The van der Waals surface area contributed by atoms with Gasteiger partial charge in [0.1, 0.15) is 5.75 Å². The maximum absolute atomic E-state index is 10.4. The highest BCUT2D eigenvalue weighted by atomic mass is 16.3. The lowest BCUT2D eigenvalue weighted by atomic mass is 9.91. The van der Waals surface area contributed by atoms with E-state index in [0.29, 0.717) is 12.8 Å². The predicted molar refractivity (Wildman–Crippen MR) is 101 cm³/mol. The first-order valence-electron chi connectivity index (χ1n) is 8.41. The normalized spacial score (nSPS) is 15.4. The van der Waals surface area contributed by atoms with E-state index in [2.05, 4.69) is 11.6 Å². The number of aromatic nitrogens is 1. The minimum absolute atomic E-state index is 0.204. The van der Waals surface area contributed by atoms with E-state index in [9.17, 15) is 15.3 Å². The summed E-state index contributed by atoms with van der Waals surface area (Å²) in [5.74, 6) is -0.166. The Hall–Kier alpha value is -2.43. The second-order valence-electron chi connectivity index (χ2n) is 6.14. The third-order valence-corrected chi connectivity index (χ3v) is 4.19. The largest absolute Gasteiger partial charge is 0.508 e. The molecule has 0 spiro atoms. The Bertz CT molecular complexity index is 710. The first kappa shape index (κ1) is 18.9. The zero-order chi connectivity index (χ0) is 18.2. The summed E-state index contributed by atoms with van der Waals surface area (Å²) >= 11 is 0. The van der Waals surface area contributed by atoms with Crippen molar-refractivity contribution in [2.75, 3.05) is 0 Å². The number of aliphatic hydroxyl groups excluding tert-OH is 2. The van der Waals surface area contributed by atoms with Gasteiger partial charge >= 0.3 is 0 Å². The third kappa shape index (κ3) is 5.55. The molecule has 132 valence electrons. The molecule has 4 nitrogen and oxygen atoms in total. The van der Waals surface area contributed by atoms with Crippen LogP contribution in [0.1, 0.15) is 31.0 Å². The first-order valence-corrected chi connectivity index (χ1v) is 8.41. The Morgan fingerprint density at radius 3 is 2.60 bits per heavy atom. The molecule has 0 saturated heterocycles. The van der Waals surface area contributed by atoms with Gasteiger partial charge in [0.15, 0.2) is 0 Å². The lowest BCUT2D eigenvalue weighted by Gasteiger charge is -2.22. The maximum atomic E-state index is 10.4. The Morgan fingerprint density at radius 1 is 1.20 bits per heavy atom. The number of phenols is 1. The van der Waals surface area contributed by atoms with Crippen LogP contribution >= 0.6 is 0 Å². The molecule has 2 aromatic rings. The lowest BCUT2D eigenvalue weighted by molar-refractivity contribution is 0.0429. The number of benzene rings is 1. The van der Waals surface area contributed by atoms with Crippen LogP contribution in [0.15, 0.2) is 61.3 Å². The van der Waals surface area contributed by atoms with Crippen molar-refractivity contribution < 1.29 is 15.3 Å². The van der Waals surface area contributed by atoms with Crippen LogP contribution in [0.25, 0.3) is 11.6 Å². The average molecular weight is 339 g/mol. The average Bonchev–Trinajstić information content (AvgIpc) is 2.59. The van der Waals surface area contributed by atoms with Gasteiger partial charge in [-0.25, -0.2) is 0 Å². The van der Waals surface area contributed by atoms with Gasteiger partial charge in [-0.1, -0.05) is 24.3 Å². The molecular formula is C21H25NO3. The number of pyridine rings is 1. The van der Waals surface area contributed by atoms with Gasteiger partial charge in [-0.05, 0) is 61.2 Å². The second-order valence-corrected chi connectivity index (χ2v) is 6.14. The SMILES string of the molecule is C=C[C@H]([C@H](O)CC/C(=C/c1cccc(O)c1)c1ccccn1)[C@@H](C)O. The summed E-state index contributed by atoms with van der Waals surface area (Å²) < 4.78 is 0. The number of aliphatic hydroxyl groups is 2. The minimum Gasteiger partial charge on any atom is -0.508 e. The molecule has 2 rings (SSSR count). The smallest absolute Gasteiger partial charge is 0.116 e. The highest BCUT2D eigenvalue weighted by Crippen LogP contribution is 2.26. The lowest BCUT2D eigenvalue weighted by Crippen LogP contribution is -2.28. The van der Waals surface area contributed by atoms with E-state index in [4.69, 9.17) is 0 Å². The Kier molecular flexibility index (Phi) is 6.92. The van der Waals surface area contributed by atoms with Gasteiger partial charge in [0.25, 0.3) is 0 Å². The van der Waals surface area contributed by atoms with Crippen molar-refractivity contribution in [1.82, 2.24) is 4.98 Å². The maximum Gasteiger partial charge on any atom is 0.116 e. The van der Waals surface area contributed by atoms with Crippen LogP contribution in [0.4, 0.5) is 0 Å². The molecule has 0 aliphatic carbocycles. The van der Waals surface area contributed by atoms with Crippen LogP contribution in [0.2, 0.25) is 0 Å². The molecule has 0 amide bonds. The van der Waals surface area contributed by atoms with Crippen molar-refractivity contribution in [1.29, 1.82) is 0 Å². The van der Waals surface area contributed by atoms with Crippen LogP contribution in [0.5, 0.6) is 5.75 Å².